The van der Waals surface area contributed by atoms with Crippen LogP contribution in [0, 0.1) is 6.92 Å². The van der Waals surface area contributed by atoms with Gasteiger partial charge >= 0.3 is 0 Å². The molecule has 128 valence electrons. The molecule has 0 spiro atoms. The third-order valence-corrected chi connectivity index (χ3v) is 3.99. The van der Waals surface area contributed by atoms with Gasteiger partial charge in [-0.15, -0.1) is 0 Å². The highest BCUT2D eigenvalue weighted by atomic mass is 16.5. The molecule has 0 bridgehead atoms. The SMILES string of the molecule is CCc1ccc(CCC(=O)Nc2cccc(-c3nc(C)no3)c2)cc1. The number of hydrogen-bond acceptors (Lipinski definition) is 4. The van der Waals surface area contributed by atoms with E-state index in [-0.39, 0.29) is 5.91 Å². The van der Waals surface area contributed by atoms with E-state index in [4.69, 9.17) is 4.52 Å². The normalized spacial score (nSPS) is 10.6. The molecule has 5 heteroatoms. The first-order chi connectivity index (χ1) is 12.1. The first-order valence-electron chi connectivity index (χ1n) is 8.42. The van der Waals surface area contributed by atoms with Crippen LogP contribution in [0.1, 0.15) is 30.3 Å². The lowest BCUT2D eigenvalue weighted by molar-refractivity contribution is -0.116. The lowest BCUT2D eigenvalue weighted by Crippen LogP contribution is -2.12. The maximum Gasteiger partial charge on any atom is 0.257 e. The highest BCUT2D eigenvalue weighted by Gasteiger charge is 2.08. The summed E-state index contributed by atoms with van der Waals surface area (Å²) in [5.74, 6) is 1.02. The molecular weight excluding hydrogens is 314 g/mol. The second kappa shape index (κ2) is 7.75. The molecule has 0 unspecified atom stereocenters. The minimum absolute atomic E-state index is 0.0153. The van der Waals surface area contributed by atoms with E-state index < -0.39 is 0 Å². The number of aromatic nitrogens is 2. The van der Waals surface area contributed by atoms with Gasteiger partial charge < -0.3 is 9.84 Å². The van der Waals surface area contributed by atoms with Crippen LogP contribution in [0.25, 0.3) is 11.5 Å². The molecule has 1 amide bonds. The minimum atomic E-state index is -0.0153. The van der Waals surface area contributed by atoms with Gasteiger partial charge in [-0.2, -0.15) is 4.98 Å². The molecule has 1 aromatic heterocycles. The molecule has 0 saturated carbocycles. The molecule has 0 aliphatic carbocycles. The number of carbonyl (C=O) groups excluding carboxylic acids is 1. The number of amides is 1. The summed E-state index contributed by atoms with van der Waals surface area (Å²) < 4.78 is 5.16. The maximum absolute atomic E-state index is 12.2. The maximum atomic E-state index is 12.2. The van der Waals surface area contributed by atoms with Gasteiger partial charge in [0.1, 0.15) is 0 Å². The van der Waals surface area contributed by atoms with Crippen LogP contribution in [-0.2, 0) is 17.6 Å². The van der Waals surface area contributed by atoms with Crippen molar-refractivity contribution < 1.29 is 9.32 Å². The number of carbonyl (C=O) groups is 1. The number of nitrogens with one attached hydrogen (secondary N) is 1. The van der Waals surface area contributed by atoms with Gasteiger partial charge in [-0.05, 0) is 49.1 Å². The molecular formula is C20H21N3O2. The summed E-state index contributed by atoms with van der Waals surface area (Å²) >= 11 is 0. The van der Waals surface area contributed by atoms with E-state index in [0.29, 0.717) is 18.1 Å². The smallest absolute Gasteiger partial charge is 0.257 e. The second-order valence-electron chi connectivity index (χ2n) is 5.95. The second-order valence-corrected chi connectivity index (χ2v) is 5.95. The predicted molar refractivity (Wildman–Crippen MR) is 97.2 cm³/mol. The van der Waals surface area contributed by atoms with Crippen molar-refractivity contribution in [2.45, 2.75) is 33.1 Å². The standard InChI is InChI=1S/C20H21N3O2/c1-3-15-7-9-16(10-8-15)11-12-19(24)22-18-6-4-5-17(13-18)20-21-14(2)23-25-20/h4-10,13H,3,11-12H2,1-2H3,(H,22,24). The monoisotopic (exact) mass is 335 g/mol. The van der Waals surface area contributed by atoms with Crippen LogP contribution in [0.15, 0.2) is 53.1 Å². The summed E-state index contributed by atoms with van der Waals surface area (Å²) in [5, 5.41) is 6.71. The molecule has 5 nitrogen and oxygen atoms in total. The summed E-state index contributed by atoms with van der Waals surface area (Å²) in [5.41, 5.74) is 3.98. The molecule has 3 rings (SSSR count). The van der Waals surface area contributed by atoms with Crippen LogP contribution in [0.3, 0.4) is 0 Å². The molecule has 25 heavy (non-hydrogen) atoms. The first kappa shape index (κ1) is 16.9. The van der Waals surface area contributed by atoms with Crippen LogP contribution in [0.5, 0.6) is 0 Å². The van der Waals surface area contributed by atoms with E-state index in [1.165, 1.54) is 11.1 Å². The zero-order valence-electron chi connectivity index (χ0n) is 14.5. The Morgan fingerprint density at radius 2 is 1.88 bits per heavy atom. The van der Waals surface area contributed by atoms with Gasteiger partial charge in [-0.1, -0.05) is 42.4 Å². The van der Waals surface area contributed by atoms with Gasteiger partial charge in [0.15, 0.2) is 5.82 Å². The van der Waals surface area contributed by atoms with Crippen molar-refractivity contribution in [3.8, 4) is 11.5 Å². The Labute approximate surface area is 147 Å². The third-order valence-electron chi connectivity index (χ3n) is 3.99. The van der Waals surface area contributed by atoms with Gasteiger partial charge in [0.05, 0.1) is 0 Å². The minimum Gasteiger partial charge on any atom is -0.334 e. The molecule has 0 fully saturated rings. The summed E-state index contributed by atoms with van der Waals surface area (Å²) in [7, 11) is 0. The lowest BCUT2D eigenvalue weighted by Gasteiger charge is -2.07. The van der Waals surface area contributed by atoms with Gasteiger partial charge in [0, 0.05) is 17.7 Å². The molecule has 0 aliphatic rings. The summed E-state index contributed by atoms with van der Waals surface area (Å²) in [6.07, 6.45) is 2.18. The molecule has 0 aliphatic heterocycles. The van der Waals surface area contributed by atoms with Gasteiger partial charge in [-0.25, -0.2) is 0 Å². The summed E-state index contributed by atoms with van der Waals surface area (Å²) in [4.78, 5) is 16.4. The molecule has 0 atom stereocenters. The van der Waals surface area contributed by atoms with E-state index in [9.17, 15) is 4.79 Å². The van der Waals surface area contributed by atoms with Crippen molar-refractivity contribution in [3.05, 3.63) is 65.5 Å². The molecule has 0 radical (unpaired) electrons. The van der Waals surface area contributed by atoms with E-state index in [2.05, 4.69) is 46.6 Å². The number of rotatable bonds is 6. The Hall–Kier alpha value is -2.95. The van der Waals surface area contributed by atoms with E-state index >= 15 is 0 Å². The quantitative estimate of drug-likeness (QED) is 0.734. The fourth-order valence-corrected chi connectivity index (χ4v) is 2.57. The molecule has 0 saturated heterocycles. The van der Waals surface area contributed by atoms with Crippen LogP contribution in [-0.4, -0.2) is 16.0 Å². The Bertz CT molecular complexity index is 853. The lowest BCUT2D eigenvalue weighted by atomic mass is 10.1. The number of aryl methyl sites for hydroxylation is 3. The van der Waals surface area contributed by atoms with Gasteiger partial charge in [0.25, 0.3) is 5.89 Å². The van der Waals surface area contributed by atoms with E-state index in [0.717, 1.165) is 24.1 Å². The first-order valence-corrected chi connectivity index (χ1v) is 8.42. The molecule has 2 aromatic carbocycles. The molecule has 1 N–H and O–H groups in total. The fourth-order valence-electron chi connectivity index (χ4n) is 2.57. The van der Waals surface area contributed by atoms with Gasteiger partial charge in [0.2, 0.25) is 5.91 Å². The number of hydrogen-bond donors (Lipinski definition) is 1. The predicted octanol–water partition coefficient (Wildman–Crippen LogP) is 4.18. The fraction of sp³-hybridized carbons (Fsp3) is 0.250. The van der Waals surface area contributed by atoms with Crippen molar-refractivity contribution in [1.29, 1.82) is 0 Å². The number of anilines is 1. The number of nitrogens with zero attached hydrogens (tertiary/aromatic N) is 2. The highest BCUT2D eigenvalue weighted by Crippen LogP contribution is 2.21. The van der Waals surface area contributed by atoms with E-state index in [1.807, 2.05) is 24.3 Å². The van der Waals surface area contributed by atoms with Gasteiger partial charge in [-0.3, -0.25) is 4.79 Å². The third kappa shape index (κ3) is 4.53. The van der Waals surface area contributed by atoms with Crippen molar-refractivity contribution >= 4 is 11.6 Å². The van der Waals surface area contributed by atoms with E-state index in [1.54, 1.807) is 6.92 Å². The Morgan fingerprint density at radius 1 is 1.12 bits per heavy atom. The van der Waals surface area contributed by atoms with Crippen molar-refractivity contribution in [2.75, 3.05) is 5.32 Å². The van der Waals surface area contributed by atoms with Crippen molar-refractivity contribution in [2.24, 2.45) is 0 Å². The van der Waals surface area contributed by atoms with Crippen molar-refractivity contribution in [3.63, 3.8) is 0 Å². The van der Waals surface area contributed by atoms with Crippen LogP contribution >= 0.6 is 0 Å². The summed E-state index contributed by atoms with van der Waals surface area (Å²) in [6, 6.07) is 15.8. The number of benzene rings is 2. The van der Waals surface area contributed by atoms with Crippen LogP contribution in [0.4, 0.5) is 5.69 Å². The van der Waals surface area contributed by atoms with Crippen LogP contribution in [0.2, 0.25) is 0 Å². The molecule has 1 heterocycles. The Balaban J connectivity index is 1.59. The zero-order chi connectivity index (χ0) is 17.6. The van der Waals surface area contributed by atoms with Crippen molar-refractivity contribution in [1.82, 2.24) is 10.1 Å². The topological polar surface area (TPSA) is 68.0 Å². The Morgan fingerprint density at radius 3 is 2.56 bits per heavy atom. The largest absolute Gasteiger partial charge is 0.334 e. The Kier molecular flexibility index (Phi) is 5.23. The zero-order valence-corrected chi connectivity index (χ0v) is 14.5. The summed E-state index contributed by atoms with van der Waals surface area (Å²) in [6.45, 7) is 3.90. The highest BCUT2D eigenvalue weighted by molar-refractivity contribution is 5.91. The van der Waals surface area contributed by atoms with Crippen LogP contribution < -0.4 is 5.32 Å². The average Bonchev–Trinajstić information content (AvgIpc) is 3.07. The average molecular weight is 335 g/mol. The molecule has 3 aromatic rings.